The van der Waals surface area contributed by atoms with Crippen molar-refractivity contribution in [2.24, 2.45) is 5.92 Å². The van der Waals surface area contributed by atoms with Gasteiger partial charge in [0.1, 0.15) is 12.2 Å². The van der Waals surface area contributed by atoms with Crippen molar-refractivity contribution in [3.8, 4) is 0 Å². The van der Waals surface area contributed by atoms with E-state index in [1.54, 1.807) is 0 Å². The van der Waals surface area contributed by atoms with Crippen LogP contribution in [0.2, 0.25) is 0 Å². The monoisotopic (exact) mass is 262 g/mol. The first-order valence-electron chi connectivity index (χ1n) is 7.85. The zero-order chi connectivity index (χ0) is 13.3. The first kappa shape index (κ1) is 13.1. The molecule has 0 amide bonds. The lowest BCUT2D eigenvalue weighted by atomic mass is 9.75. The minimum Gasteiger partial charge on any atom is -0.316 e. The summed E-state index contributed by atoms with van der Waals surface area (Å²) in [4.78, 5) is 0. The molecule has 2 heterocycles. The SMILES string of the molecule is CC(C)C1(c2nncn2C2CCCCC2)CCNC1. The molecule has 0 aromatic carbocycles. The molecule has 2 fully saturated rings. The summed E-state index contributed by atoms with van der Waals surface area (Å²) in [6, 6.07) is 0.634. The third-order valence-electron chi connectivity index (χ3n) is 5.28. The predicted octanol–water partition coefficient (Wildman–Crippen LogP) is 2.67. The third-order valence-corrected chi connectivity index (χ3v) is 5.28. The van der Waals surface area contributed by atoms with Gasteiger partial charge in [-0.3, -0.25) is 0 Å². The normalized spacial score (nSPS) is 29.2. The van der Waals surface area contributed by atoms with Gasteiger partial charge >= 0.3 is 0 Å². The summed E-state index contributed by atoms with van der Waals surface area (Å²) in [5, 5.41) is 12.3. The van der Waals surface area contributed by atoms with Gasteiger partial charge in [0, 0.05) is 18.0 Å². The Kier molecular flexibility index (Phi) is 3.61. The summed E-state index contributed by atoms with van der Waals surface area (Å²) in [6.45, 7) is 6.81. The molecular weight excluding hydrogens is 236 g/mol. The van der Waals surface area contributed by atoms with Crippen molar-refractivity contribution < 1.29 is 0 Å². The van der Waals surface area contributed by atoms with Crippen molar-refractivity contribution >= 4 is 0 Å². The van der Waals surface area contributed by atoms with E-state index in [1.807, 2.05) is 6.33 Å². The van der Waals surface area contributed by atoms with Gasteiger partial charge in [-0.15, -0.1) is 10.2 Å². The maximum absolute atomic E-state index is 4.54. The standard InChI is InChI=1S/C15H26N4/c1-12(2)15(8-9-16-10-15)14-18-17-11-19(14)13-6-4-3-5-7-13/h11-13,16H,3-10H2,1-2H3. The van der Waals surface area contributed by atoms with Crippen LogP contribution in [0.3, 0.4) is 0 Å². The average molecular weight is 262 g/mol. The largest absolute Gasteiger partial charge is 0.316 e. The molecule has 1 saturated heterocycles. The molecule has 2 aliphatic rings. The van der Waals surface area contributed by atoms with E-state index in [0.717, 1.165) is 13.1 Å². The number of rotatable bonds is 3. The fourth-order valence-electron chi connectivity index (χ4n) is 3.88. The smallest absolute Gasteiger partial charge is 0.140 e. The Labute approximate surface area is 116 Å². The summed E-state index contributed by atoms with van der Waals surface area (Å²) < 4.78 is 2.41. The lowest BCUT2D eigenvalue weighted by Crippen LogP contribution is -2.38. The van der Waals surface area contributed by atoms with Crippen molar-refractivity contribution in [1.82, 2.24) is 20.1 Å². The molecule has 3 rings (SSSR count). The second-order valence-electron chi connectivity index (χ2n) is 6.59. The summed E-state index contributed by atoms with van der Waals surface area (Å²) in [5.74, 6) is 1.84. The summed E-state index contributed by atoms with van der Waals surface area (Å²) in [5.41, 5.74) is 0.188. The molecule has 1 aliphatic heterocycles. The van der Waals surface area contributed by atoms with Crippen LogP contribution >= 0.6 is 0 Å². The molecule has 4 nitrogen and oxygen atoms in total. The maximum Gasteiger partial charge on any atom is 0.140 e. The lowest BCUT2D eigenvalue weighted by Gasteiger charge is -2.34. The van der Waals surface area contributed by atoms with Crippen LogP contribution in [-0.2, 0) is 5.41 Å². The minimum absolute atomic E-state index is 0.188. The number of hydrogen-bond acceptors (Lipinski definition) is 3. The van der Waals surface area contributed by atoms with Gasteiger partial charge < -0.3 is 9.88 Å². The Balaban J connectivity index is 1.93. The van der Waals surface area contributed by atoms with Crippen molar-refractivity contribution in [2.75, 3.05) is 13.1 Å². The molecule has 0 bridgehead atoms. The van der Waals surface area contributed by atoms with Crippen LogP contribution in [0.4, 0.5) is 0 Å². The Morgan fingerprint density at radius 3 is 2.74 bits per heavy atom. The first-order valence-corrected chi connectivity index (χ1v) is 7.85. The molecular formula is C15H26N4. The lowest BCUT2D eigenvalue weighted by molar-refractivity contribution is 0.274. The van der Waals surface area contributed by atoms with Gasteiger partial charge in [0.15, 0.2) is 0 Å². The van der Waals surface area contributed by atoms with Crippen molar-refractivity contribution in [3.63, 3.8) is 0 Å². The van der Waals surface area contributed by atoms with Crippen LogP contribution in [0.1, 0.15) is 64.2 Å². The van der Waals surface area contributed by atoms with Crippen LogP contribution < -0.4 is 5.32 Å². The van der Waals surface area contributed by atoms with Crippen LogP contribution in [0.25, 0.3) is 0 Å². The maximum atomic E-state index is 4.54. The van der Waals surface area contributed by atoms with E-state index in [1.165, 1.54) is 44.3 Å². The summed E-state index contributed by atoms with van der Waals surface area (Å²) in [7, 11) is 0. The van der Waals surface area contributed by atoms with E-state index in [-0.39, 0.29) is 5.41 Å². The topological polar surface area (TPSA) is 42.7 Å². The molecule has 0 radical (unpaired) electrons. The Bertz CT molecular complexity index is 412. The van der Waals surface area contributed by atoms with E-state index in [4.69, 9.17) is 0 Å². The van der Waals surface area contributed by atoms with Gasteiger partial charge in [-0.2, -0.15) is 0 Å². The van der Waals surface area contributed by atoms with E-state index in [9.17, 15) is 0 Å². The predicted molar refractivity (Wildman–Crippen MR) is 76.1 cm³/mol. The highest BCUT2D eigenvalue weighted by Gasteiger charge is 2.43. The molecule has 106 valence electrons. The van der Waals surface area contributed by atoms with Crippen LogP contribution in [0.15, 0.2) is 6.33 Å². The van der Waals surface area contributed by atoms with Gasteiger partial charge in [0.2, 0.25) is 0 Å². The summed E-state index contributed by atoms with van der Waals surface area (Å²) in [6.07, 6.45) is 9.87. The second kappa shape index (κ2) is 5.23. The average Bonchev–Trinajstić information content (AvgIpc) is 3.09. The van der Waals surface area contributed by atoms with E-state index in [0.29, 0.717) is 12.0 Å². The van der Waals surface area contributed by atoms with Gasteiger partial charge in [-0.1, -0.05) is 33.1 Å². The highest BCUT2D eigenvalue weighted by atomic mass is 15.3. The zero-order valence-corrected chi connectivity index (χ0v) is 12.2. The Hall–Kier alpha value is -0.900. The summed E-state index contributed by atoms with van der Waals surface area (Å²) >= 11 is 0. The van der Waals surface area contributed by atoms with Crippen molar-refractivity contribution in [2.45, 2.75) is 63.8 Å². The van der Waals surface area contributed by atoms with E-state index < -0.39 is 0 Å². The highest BCUT2D eigenvalue weighted by Crippen LogP contribution is 2.39. The van der Waals surface area contributed by atoms with Crippen LogP contribution in [-0.4, -0.2) is 27.9 Å². The third kappa shape index (κ3) is 2.20. The Morgan fingerprint density at radius 2 is 2.11 bits per heavy atom. The number of nitrogens with one attached hydrogen (secondary N) is 1. The van der Waals surface area contributed by atoms with Crippen LogP contribution in [0, 0.1) is 5.92 Å². The molecule has 1 aliphatic carbocycles. The van der Waals surface area contributed by atoms with Crippen molar-refractivity contribution in [3.05, 3.63) is 12.2 Å². The molecule has 1 aromatic rings. The van der Waals surface area contributed by atoms with Crippen molar-refractivity contribution in [1.29, 1.82) is 0 Å². The fraction of sp³-hybridized carbons (Fsp3) is 0.867. The quantitative estimate of drug-likeness (QED) is 0.910. The van der Waals surface area contributed by atoms with E-state index in [2.05, 4.69) is 33.9 Å². The molecule has 1 atom stereocenters. The first-order chi connectivity index (χ1) is 9.24. The second-order valence-corrected chi connectivity index (χ2v) is 6.59. The fourth-order valence-corrected chi connectivity index (χ4v) is 3.88. The molecule has 0 spiro atoms. The molecule has 4 heteroatoms. The van der Waals surface area contributed by atoms with E-state index >= 15 is 0 Å². The van der Waals surface area contributed by atoms with Crippen LogP contribution in [0.5, 0.6) is 0 Å². The van der Waals surface area contributed by atoms with Gasteiger partial charge in [-0.25, -0.2) is 0 Å². The van der Waals surface area contributed by atoms with Gasteiger partial charge in [-0.05, 0) is 31.7 Å². The highest BCUT2D eigenvalue weighted by molar-refractivity contribution is 5.15. The minimum atomic E-state index is 0.188. The molecule has 1 unspecified atom stereocenters. The Morgan fingerprint density at radius 1 is 1.32 bits per heavy atom. The van der Waals surface area contributed by atoms with Gasteiger partial charge in [0.25, 0.3) is 0 Å². The molecule has 1 saturated carbocycles. The number of hydrogen-bond donors (Lipinski definition) is 1. The molecule has 1 aromatic heterocycles. The van der Waals surface area contributed by atoms with Gasteiger partial charge in [0.05, 0.1) is 0 Å². The molecule has 1 N–H and O–H groups in total. The number of aromatic nitrogens is 3. The number of nitrogens with zero attached hydrogens (tertiary/aromatic N) is 3. The molecule has 19 heavy (non-hydrogen) atoms. The zero-order valence-electron chi connectivity index (χ0n) is 12.2.